The molecule has 1 atom stereocenters. The summed E-state index contributed by atoms with van der Waals surface area (Å²) in [4.78, 5) is 24.1. The van der Waals surface area contributed by atoms with Crippen molar-refractivity contribution >= 4 is 17.3 Å². The second-order valence-corrected chi connectivity index (χ2v) is 4.82. The van der Waals surface area contributed by atoms with Gasteiger partial charge >= 0.3 is 0 Å². The van der Waals surface area contributed by atoms with E-state index in [4.69, 9.17) is 5.11 Å². The van der Waals surface area contributed by atoms with Crippen LogP contribution in [-0.2, 0) is 0 Å². The highest BCUT2D eigenvalue weighted by Gasteiger charge is 2.27. The van der Waals surface area contributed by atoms with Gasteiger partial charge in [0.15, 0.2) is 0 Å². The van der Waals surface area contributed by atoms with Gasteiger partial charge in [-0.2, -0.15) is 0 Å². The third-order valence-electron chi connectivity index (χ3n) is 3.55. The lowest BCUT2D eigenvalue weighted by molar-refractivity contribution is -0.384. The first-order chi connectivity index (χ1) is 9.56. The van der Waals surface area contributed by atoms with Gasteiger partial charge in [-0.15, -0.1) is 0 Å². The Kier molecular flexibility index (Phi) is 4.19. The van der Waals surface area contributed by atoms with E-state index in [2.05, 4.69) is 5.32 Å². The lowest BCUT2D eigenvalue weighted by atomic mass is 10.1. The summed E-state index contributed by atoms with van der Waals surface area (Å²) in [6, 6.07) is 4.47. The summed E-state index contributed by atoms with van der Waals surface area (Å²) in [7, 11) is 1.48. The molecule has 0 aliphatic carbocycles. The van der Waals surface area contributed by atoms with Gasteiger partial charge in [-0.3, -0.25) is 14.9 Å². The average molecular weight is 279 g/mol. The number of nitrogens with one attached hydrogen (secondary N) is 1. The van der Waals surface area contributed by atoms with E-state index in [1.165, 1.54) is 13.1 Å². The largest absolute Gasteiger partial charge is 0.396 e. The molecule has 2 N–H and O–H groups in total. The molecule has 0 spiro atoms. The highest BCUT2D eigenvalue weighted by molar-refractivity contribution is 5.95. The van der Waals surface area contributed by atoms with Crippen molar-refractivity contribution in [3.05, 3.63) is 33.9 Å². The smallest absolute Gasteiger partial charge is 0.293 e. The Morgan fingerprint density at radius 2 is 2.35 bits per heavy atom. The molecule has 0 radical (unpaired) electrons. The van der Waals surface area contributed by atoms with Gasteiger partial charge in [0.2, 0.25) is 0 Å². The van der Waals surface area contributed by atoms with Crippen LogP contribution in [0.1, 0.15) is 16.8 Å². The zero-order chi connectivity index (χ0) is 14.7. The number of carbonyl (C=O) groups excluding carboxylic acids is 1. The van der Waals surface area contributed by atoms with Crippen LogP contribution in [0.3, 0.4) is 0 Å². The number of carbonyl (C=O) groups is 1. The van der Waals surface area contributed by atoms with E-state index < -0.39 is 4.92 Å². The molecule has 1 aromatic rings. The number of amides is 1. The molecule has 20 heavy (non-hydrogen) atoms. The maximum absolute atomic E-state index is 11.5. The van der Waals surface area contributed by atoms with Crippen LogP contribution in [0.15, 0.2) is 18.2 Å². The SMILES string of the molecule is CNC(=O)c1ccc(N2CCC(CO)C2)c([N+](=O)[O-])c1. The number of benzene rings is 1. The number of aliphatic hydroxyl groups is 1. The summed E-state index contributed by atoms with van der Waals surface area (Å²) in [5.41, 5.74) is 0.684. The molecule has 1 aromatic carbocycles. The van der Waals surface area contributed by atoms with Crippen molar-refractivity contribution in [2.45, 2.75) is 6.42 Å². The van der Waals surface area contributed by atoms with Gasteiger partial charge in [-0.25, -0.2) is 0 Å². The Bertz CT molecular complexity index is 532. The van der Waals surface area contributed by atoms with Crippen molar-refractivity contribution in [3.8, 4) is 0 Å². The van der Waals surface area contributed by atoms with E-state index in [-0.39, 0.29) is 29.7 Å². The van der Waals surface area contributed by atoms with Crippen molar-refractivity contribution in [3.63, 3.8) is 0 Å². The van der Waals surface area contributed by atoms with Crippen molar-refractivity contribution in [2.75, 3.05) is 31.6 Å². The molecule has 1 saturated heterocycles. The molecule has 7 nitrogen and oxygen atoms in total. The Balaban J connectivity index is 2.33. The van der Waals surface area contributed by atoms with Gasteiger partial charge in [0.25, 0.3) is 11.6 Å². The Morgan fingerprint density at radius 3 is 2.90 bits per heavy atom. The molecule has 1 aliphatic heterocycles. The van der Waals surface area contributed by atoms with Crippen LogP contribution in [0.5, 0.6) is 0 Å². The highest BCUT2D eigenvalue weighted by Crippen LogP contribution is 2.32. The molecule has 108 valence electrons. The van der Waals surface area contributed by atoms with Gasteiger partial charge in [-0.1, -0.05) is 0 Å². The number of hydrogen-bond donors (Lipinski definition) is 2. The van der Waals surface area contributed by atoms with E-state index in [1.807, 2.05) is 4.90 Å². The monoisotopic (exact) mass is 279 g/mol. The average Bonchev–Trinajstić information content (AvgIpc) is 2.94. The zero-order valence-corrected chi connectivity index (χ0v) is 11.2. The van der Waals surface area contributed by atoms with E-state index >= 15 is 0 Å². The third kappa shape index (κ3) is 2.72. The lowest BCUT2D eigenvalue weighted by Gasteiger charge is -2.18. The van der Waals surface area contributed by atoms with Crippen LogP contribution in [0, 0.1) is 16.0 Å². The van der Waals surface area contributed by atoms with Crippen molar-refractivity contribution in [2.24, 2.45) is 5.92 Å². The molecular weight excluding hydrogens is 262 g/mol. The summed E-state index contributed by atoms with van der Waals surface area (Å²) >= 11 is 0. The summed E-state index contributed by atoms with van der Waals surface area (Å²) in [5, 5.41) is 22.8. The van der Waals surface area contributed by atoms with E-state index in [0.29, 0.717) is 18.8 Å². The Labute approximate surface area is 116 Å². The number of nitro benzene ring substituents is 1. The van der Waals surface area contributed by atoms with Crippen LogP contribution in [0.25, 0.3) is 0 Å². The summed E-state index contributed by atoms with van der Waals surface area (Å²) in [5.74, 6) is -0.206. The molecule has 1 heterocycles. The van der Waals surface area contributed by atoms with Crippen LogP contribution < -0.4 is 10.2 Å². The molecule has 1 aliphatic rings. The maximum Gasteiger partial charge on any atom is 0.293 e. The third-order valence-corrected chi connectivity index (χ3v) is 3.55. The minimum atomic E-state index is -0.478. The van der Waals surface area contributed by atoms with Gasteiger partial charge in [0, 0.05) is 44.3 Å². The van der Waals surface area contributed by atoms with Crippen LogP contribution in [0.4, 0.5) is 11.4 Å². The van der Waals surface area contributed by atoms with Crippen molar-refractivity contribution in [1.82, 2.24) is 5.32 Å². The molecule has 2 rings (SSSR count). The zero-order valence-electron chi connectivity index (χ0n) is 11.2. The van der Waals surface area contributed by atoms with Gasteiger partial charge in [0.05, 0.1) is 4.92 Å². The predicted molar refractivity (Wildman–Crippen MR) is 73.9 cm³/mol. The van der Waals surface area contributed by atoms with Crippen LogP contribution in [-0.4, -0.2) is 42.7 Å². The number of nitro groups is 1. The minimum Gasteiger partial charge on any atom is -0.396 e. The summed E-state index contributed by atoms with van der Waals surface area (Å²) in [6.07, 6.45) is 0.810. The van der Waals surface area contributed by atoms with E-state index in [1.54, 1.807) is 12.1 Å². The minimum absolute atomic E-state index is 0.0790. The Morgan fingerprint density at radius 1 is 1.60 bits per heavy atom. The fraction of sp³-hybridized carbons (Fsp3) is 0.462. The molecule has 0 aromatic heterocycles. The number of nitrogens with zero attached hydrogens (tertiary/aromatic N) is 2. The second-order valence-electron chi connectivity index (χ2n) is 4.82. The number of hydrogen-bond acceptors (Lipinski definition) is 5. The van der Waals surface area contributed by atoms with Crippen LogP contribution in [0.2, 0.25) is 0 Å². The molecule has 7 heteroatoms. The fourth-order valence-corrected chi connectivity index (χ4v) is 2.42. The first-order valence-corrected chi connectivity index (χ1v) is 6.43. The van der Waals surface area contributed by atoms with E-state index in [9.17, 15) is 14.9 Å². The molecule has 1 fully saturated rings. The van der Waals surface area contributed by atoms with Gasteiger partial charge in [-0.05, 0) is 18.6 Å². The molecule has 1 amide bonds. The molecule has 0 saturated carbocycles. The van der Waals surface area contributed by atoms with Gasteiger partial charge in [0.1, 0.15) is 5.69 Å². The normalized spacial score (nSPS) is 18.1. The summed E-state index contributed by atoms with van der Waals surface area (Å²) < 4.78 is 0. The predicted octanol–water partition coefficient (Wildman–Crippen LogP) is 0.773. The second kappa shape index (κ2) is 5.87. The highest BCUT2D eigenvalue weighted by atomic mass is 16.6. The number of anilines is 1. The first kappa shape index (κ1) is 14.3. The summed E-state index contributed by atoms with van der Waals surface area (Å²) in [6.45, 7) is 1.35. The standard InChI is InChI=1S/C13H17N3O4/c1-14-13(18)10-2-3-11(12(6-10)16(19)20)15-5-4-9(7-15)8-17/h2-3,6,9,17H,4-5,7-8H2,1H3,(H,14,18). The quantitative estimate of drug-likeness (QED) is 0.627. The number of rotatable bonds is 4. The maximum atomic E-state index is 11.5. The molecule has 0 bridgehead atoms. The first-order valence-electron chi connectivity index (χ1n) is 6.43. The van der Waals surface area contributed by atoms with Gasteiger partial charge < -0.3 is 15.3 Å². The molecule has 1 unspecified atom stereocenters. The van der Waals surface area contributed by atoms with Crippen molar-refractivity contribution < 1.29 is 14.8 Å². The van der Waals surface area contributed by atoms with Crippen LogP contribution >= 0.6 is 0 Å². The fourth-order valence-electron chi connectivity index (χ4n) is 2.42. The topological polar surface area (TPSA) is 95.7 Å². The number of aliphatic hydroxyl groups excluding tert-OH is 1. The van der Waals surface area contributed by atoms with E-state index in [0.717, 1.165) is 6.42 Å². The van der Waals surface area contributed by atoms with Crippen molar-refractivity contribution in [1.29, 1.82) is 0 Å². The Hall–Kier alpha value is -2.15. The lowest BCUT2D eigenvalue weighted by Crippen LogP contribution is -2.22. The molecular formula is C13H17N3O4.